The second-order valence-electron chi connectivity index (χ2n) is 3.62. The Bertz CT molecular complexity index is 358. The van der Waals surface area contributed by atoms with E-state index in [1.807, 2.05) is 4.90 Å². The Kier molecular flexibility index (Phi) is 3.90. The lowest BCUT2D eigenvalue weighted by atomic mass is 10.2. The lowest BCUT2D eigenvalue weighted by Gasteiger charge is -2.34. The first-order valence-corrected chi connectivity index (χ1v) is 6.30. The van der Waals surface area contributed by atoms with Crippen LogP contribution in [0.15, 0.2) is 24.5 Å². The minimum atomic E-state index is 0.0511. The highest BCUT2D eigenvalue weighted by molar-refractivity contribution is 9.09. The average Bonchev–Trinajstić information content (AvgIpc) is 2.39. The van der Waals surface area contributed by atoms with Crippen LogP contribution in [0.3, 0.4) is 0 Å². The van der Waals surface area contributed by atoms with Gasteiger partial charge in [0.25, 0.3) is 5.91 Å². The molecule has 4 nitrogen and oxygen atoms in total. The molecule has 1 fully saturated rings. The fourth-order valence-corrected chi connectivity index (χ4v) is 2.25. The average molecular weight is 285 g/mol. The molecule has 0 aromatic carbocycles. The minimum Gasteiger partial charge on any atom is -0.377 e. The van der Waals surface area contributed by atoms with Gasteiger partial charge in [0.2, 0.25) is 0 Å². The van der Waals surface area contributed by atoms with Crippen LogP contribution in [-0.4, -0.2) is 46.9 Å². The van der Waals surface area contributed by atoms with Gasteiger partial charge in [0.1, 0.15) is 0 Å². The Morgan fingerprint density at radius 3 is 3.00 bits per heavy atom. The van der Waals surface area contributed by atoms with E-state index in [-0.39, 0.29) is 11.9 Å². The van der Waals surface area contributed by atoms with Gasteiger partial charge in [0.05, 0.1) is 19.3 Å². The summed E-state index contributed by atoms with van der Waals surface area (Å²) >= 11 is 3.41. The van der Waals surface area contributed by atoms with Crippen molar-refractivity contribution in [3.8, 4) is 0 Å². The van der Waals surface area contributed by atoms with Crippen molar-refractivity contribution >= 4 is 21.8 Å². The highest BCUT2D eigenvalue weighted by Crippen LogP contribution is 2.13. The number of nitrogens with zero attached hydrogens (tertiary/aromatic N) is 2. The molecule has 0 radical (unpaired) electrons. The minimum absolute atomic E-state index is 0.0511. The molecule has 2 heterocycles. The third-order valence-corrected chi connectivity index (χ3v) is 3.34. The zero-order valence-corrected chi connectivity index (χ0v) is 10.4. The van der Waals surface area contributed by atoms with E-state index in [1.54, 1.807) is 24.5 Å². The van der Waals surface area contributed by atoms with Crippen LogP contribution >= 0.6 is 15.9 Å². The summed E-state index contributed by atoms with van der Waals surface area (Å²) in [4.78, 5) is 18.0. The van der Waals surface area contributed by atoms with Crippen LogP contribution < -0.4 is 0 Å². The van der Waals surface area contributed by atoms with Gasteiger partial charge in [-0.05, 0) is 12.1 Å². The van der Waals surface area contributed by atoms with E-state index in [9.17, 15) is 4.79 Å². The van der Waals surface area contributed by atoms with Crippen molar-refractivity contribution in [2.24, 2.45) is 0 Å². The van der Waals surface area contributed by atoms with Crippen LogP contribution in [0.2, 0.25) is 0 Å². The number of carbonyl (C=O) groups excluding carboxylic acids is 1. The molecule has 0 aliphatic carbocycles. The van der Waals surface area contributed by atoms with E-state index < -0.39 is 0 Å². The number of amides is 1. The fraction of sp³-hybridized carbons (Fsp3) is 0.455. The summed E-state index contributed by atoms with van der Waals surface area (Å²) in [5.41, 5.74) is 0.683. The fourth-order valence-electron chi connectivity index (χ4n) is 1.71. The summed E-state index contributed by atoms with van der Waals surface area (Å²) in [7, 11) is 0. The maximum Gasteiger partial charge on any atom is 0.254 e. The SMILES string of the molecule is O=C(c1ccncc1)N1CCOCC1CBr. The molecule has 1 saturated heterocycles. The van der Waals surface area contributed by atoms with Crippen molar-refractivity contribution in [1.29, 1.82) is 0 Å². The van der Waals surface area contributed by atoms with Gasteiger partial charge in [-0.3, -0.25) is 9.78 Å². The van der Waals surface area contributed by atoms with Crippen LogP contribution in [-0.2, 0) is 4.74 Å². The van der Waals surface area contributed by atoms with E-state index in [2.05, 4.69) is 20.9 Å². The van der Waals surface area contributed by atoms with E-state index in [0.29, 0.717) is 25.3 Å². The molecule has 1 aliphatic rings. The predicted octanol–water partition coefficient (Wildman–Crippen LogP) is 1.32. The number of hydrogen-bond acceptors (Lipinski definition) is 3. The van der Waals surface area contributed by atoms with Gasteiger partial charge in [-0.2, -0.15) is 0 Å². The molecule has 1 aromatic heterocycles. The van der Waals surface area contributed by atoms with Crippen LogP contribution in [0.4, 0.5) is 0 Å². The number of pyridine rings is 1. The molecule has 86 valence electrons. The smallest absolute Gasteiger partial charge is 0.254 e. The first-order valence-electron chi connectivity index (χ1n) is 5.17. The maximum absolute atomic E-state index is 12.2. The van der Waals surface area contributed by atoms with Gasteiger partial charge in [0, 0.05) is 29.8 Å². The highest BCUT2D eigenvalue weighted by Gasteiger charge is 2.26. The Morgan fingerprint density at radius 1 is 1.56 bits per heavy atom. The zero-order valence-electron chi connectivity index (χ0n) is 8.80. The third kappa shape index (κ3) is 2.41. The molecule has 0 spiro atoms. The molecule has 1 atom stereocenters. The first-order chi connectivity index (χ1) is 7.83. The Labute approximate surface area is 103 Å². The molecule has 1 amide bonds. The van der Waals surface area contributed by atoms with Gasteiger partial charge < -0.3 is 9.64 Å². The van der Waals surface area contributed by atoms with Gasteiger partial charge in [-0.1, -0.05) is 15.9 Å². The van der Waals surface area contributed by atoms with Crippen LogP contribution in [0.1, 0.15) is 10.4 Å². The Hall–Kier alpha value is -0.940. The molecule has 0 N–H and O–H groups in total. The van der Waals surface area contributed by atoms with E-state index in [0.717, 1.165) is 5.33 Å². The highest BCUT2D eigenvalue weighted by atomic mass is 79.9. The van der Waals surface area contributed by atoms with Crippen molar-refractivity contribution in [3.05, 3.63) is 30.1 Å². The first kappa shape index (κ1) is 11.5. The lowest BCUT2D eigenvalue weighted by molar-refractivity contribution is 0.00524. The number of morpholine rings is 1. The Morgan fingerprint density at radius 2 is 2.31 bits per heavy atom. The molecule has 1 unspecified atom stereocenters. The molecular weight excluding hydrogens is 272 g/mol. The van der Waals surface area contributed by atoms with E-state index in [1.165, 1.54) is 0 Å². The van der Waals surface area contributed by atoms with Crippen LogP contribution in [0, 0.1) is 0 Å². The molecule has 0 saturated carbocycles. The number of alkyl halides is 1. The topological polar surface area (TPSA) is 42.4 Å². The summed E-state index contributed by atoms with van der Waals surface area (Å²) in [5, 5.41) is 0.740. The predicted molar refractivity (Wildman–Crippen MR) is 63.7 cm³/mol. The second kappa shape index (κ2) is 5.41. The second-order valence-corrected chi connectivity index (χ2v) is 4.26. The van der Waals surface area contributed by atoms with Gasteiger partial charge in [0.15, 0.2) is 0 Å². The van der Waals surface area contributed by atoms with Crippen molar-refractivity contribution in [3.63, 3.8) is 0 Å². The summed E-state index contributed by atoms with van der Waals surface area (Å²) in [5.74, 6) is 0.0511. The lowest BCUT2D eigenvalue weighted by Crippen LogP contribution is -2.49. The molecule has 0 bridgehead atoms. The maximum atomic E-state index is 12.2. The summed E-state index contributed by atoms with van der Waals surface area (Å²) in [6.07, 6.45) is 3.27. The molecule has 1 aliphatic heterocycles. The van der Waals surface area contributed by atoms with Crippen molar-refractivity contribution in [1.82, 2.24) is 9.88 Å². The largest absolute Gasteiger partial charge is 0.377 e. The molecule has 16 heavy (non-hydrogen) atoms. The molecule has 1 aromatic rings. The van der Waals surface area contributed by atoms with Gasteiger partial charge in [-0.15, -0.1) is 0 Å². The number of ether oxygens (including phenoxy) is 1. The van der Waals surface area contributed by atoms with Gasteiger partial charge in [-0.25, -0.2) is 0 Å². The number of hydrogen-bond donors (Lipinski definition) is 0. The zero-order chi connectivity index (χ0) is 11.4. The summed E-state index contributed by atoms with van der Waals surface area (Å²) in [6, 6.07) is 3.60. The monoisotopic (exact) mass is 284 g/mol. The van der Waals surface area contributed by atoms with Gasteiger partial charge >= 0.3 is 0 Å². The van der Waals surface area contributed by atoms with E-state index in [4.69, 9.17) is 4.74 Å². The van der Waals surface area contributed by atoms with Crippen molar-refractivity contribution in [2.75, 3.05) is 25.1 Å². The molecular formula is C11H13BrN2O2. The number of halogens is 1. The normalized spacial score (nSPS) is 20.8. The quantitative estimate of drug-likeness (QED) is 0.770. The molecule has 2 rings (SSSR count). The third-order valence-electron chi connectivity index (χ3n) is 2.59. The summed E-state index contributed by atoms with van der Waals surface area (Å²) in [6.45, 7) is 1.86. The number of aromatic nitrogens is 1. The van der Waals surface area contributed by atoms with Crippen molar-refractivity contribution in [2.45, 2.75) is 6.04 Å². The standard InChI is InChI=1S/C11H13BrN2O2/c12-7-10-8-16-6-5-14(10)11(15)9-1-3-13-4-2-9/h1-4,10H,5-8H2. The Balaban J connectivity index is 2.14. The van der Waals surface area contributed by atoms with Crippen LogP contribution in [0.5, 0.6) is 0 Å². The van der Waals surface area contributed by atoms with Crippen molar-refractivity contribution < 1.29 is 9.53 Å². The van der Waals surface area contributed by atoms with Crippen LogP contribution in [0.25, 0.3) is 0 Å². The molecule has 5 heteroatoms. The van der Waals surface area contributed by atoms with E-state index >= 15 is 0 Å². The number of rotatable bonds is 2. The summed E-state index contributed by atoms with van der Waals surface area (Å²) < 4.78 is 5.35. The number of carbonyl (C=O) groups is 1.